The summed E-state index contributed by atoms with van der Waals surface area (Å²) in [4.78, 5) is 3.96. The van der Waals surface area contributed by atoms with Gasteiger partial charge in [-0.25, -0.2) is 13.8 Å². The third-order valence-corrected chi connectivity index (χ3v) is 3.95. The van der Waals surface area contributed by atoms with Crippen LogP contribution in [-0.4, -0.2) is 9.55 Å². The molecular formula is C13H7ClF2IN3. The number of halogens is 4. The summed E-state index contributed by atoms with van der Waals surface area (Å²) >= 11 is 7.98. The Labute approximate surface area is 131 Å². The van der Waals surface area contributed by atoms with Gasteiger partial charge in [0.05, 0.1) is 11.2 Å². The van der Waals surface area contributed by atoms with Crippen molar-refractivity contribution in [2.75, 3.05) is 5.73 Å². The molecule has 0 saturated carbocycles. The second-order valence-electron chi connectivity index (χ2n) is 4.16. The maximum atomic E-state index is 13.7. The van der Waals surface area contributed by atoms with Gasteiger partial charge in [0.2, 0.25) is 5.95 Å². The van der Waals surface area contributed by atoms with E-state index >= 15 is 0 Å². The van der Waals surface area contributed by atoms with Gasteiger partial charge in [0.25, 0.3) is 0 Å². The first-order chi connectivity index (χ1) is 9.47. The predicted molar refractivity (Wildman–Crippen MR) is 83.1 cm³/mol. The Morgan fingerprint density at radius 3 is 2.65 bits per heavy atom. The highest BCUT2D eigenvalue weighted by Gasteiger charge is 2.16. The minimum atomic E-state index is -0.741. The number of nitrogens with two attached hydrogens (primary N) is 1. The van der Waals surface area contributed by atoms with E-state index in [2.05, 4.69) is 27.6 Å². The van der Waals surface area contributed by atoms with Crippen LogP contribution in [0.2, 0.25) is 5.02 Å². The predicted octanol–water partition coefficient (Wildman–Crippen LogP) is 4.14. The standard InChI is InChI=1S/C13H7ClF2IN3/c14-6-1-2-10(9(17)3-6)20-11-5-7(15)4-8(16)12(11)19-13(20)18/h1-5H,(H2,18,19). The lowest BCUT2D eigenvalue weighted by Crippen LogP contribution is -2.02. The summed E-state index contributed by atoms with van der Waals surface area (Å²) in [6.07, 6.45) is 0. The molecule has 0 saturated heterocycles. The number of anilines is 1. The van der Waals surface area contributed by atoms with Gasteiger partial charge in [0, 0.05) is 20.7 Å². The maximum absolute atomic E-state index is 13.7. The molecular weight excluding hydrogens is 399 g/mol. The second-order valence-corrected chi connectivity index (χ2v) is 5.76. The van der Waals surface area contributed by atoms with E-state index in [0.29, 0.717) is 10.7 Å². The molecule has 7 heteroatoms. The van der Waals surface area contributed by atoms with Crippen LogP contribution in [0.25, 0.3) is 16.7 Å². The van der Waals surface area contributed by atoms with Gasteiger partial charge in [-0.3, -0.25) is 4.57 Å². The lowest BCUT2D eigenvalue weighted by atomic mass is 10.2. The summed E-state index contributed by atoms with van der Waals surface area (Å²) in [5.41, 5.74) is 6.82. The van der Waals surface area contributed by atoms with Gasteiger partial charge < -0.3 is 5.73 Å². The Morgan fingerprint density at radius 2 is 1.95 bits per heavy atom. The number of benzene rings is 2. The van der Waals surface area contributed by atoms with Crippen molar-refractivity contribution < 1.29 is 8.78 Å². The van der Waals surface area contributed by atoms with E-state index < -0.39 is 11.6 Å². The number of fused-ring (bicyclic) bond motifs is 1. The first-order valence-corrected chi connectivity index (χ1v) is 7.01. The molecule has 0 spiro atoms. The van der Waals surface area contributed by atoms with Crippen molar-refractivity contribution in [1.29, 1.82) is 0 Å². The number of hydrogen-bond acceptors (Lipinski definition) is 2. The largest absolute Gasteiger partial charge is 0.369 e. The van der Waals surface area contributed by atoms with Crippen LogP contribution in [0.4, 0.5) is 14.7 Å². The highest BCUT2D eigenvalue weighted by molar-refractivity contribution is 14.1. The molecule has 0 bridgehead atoms. The molecule has 0 aliphatic carbocycles. The summed E-state index contributed by atoms with van der Waals surface area (Å²) in [5, 5.41) is 0.568. The molecule has 0 aliphatic rings. The zero-order valence-corrected chi connectivity index (χ0v) is 12.8. The van der Waals surface area contributed by atoms with Crippen LogP contribution < -0.4 is 5.73 Å². The third kappa shape index (κ3) is 2.12. The Kier molecular flexibility index (Phi) is 3.29. The van der Waals surface area contributed by atoms with E-state index in [1.54, 1.807) is 18.2 Å². The van der Waals surface area contributed by atoms with Gasteiger partial charge in [-0.05, 0) is 40.8 Å². The zero-order valence-electron chi connectivity index (χ0n) is 9.87. The highest BCUT2D eigenvalue weighted by Crippen LogP contribution is 2.29. The molecule has 3 rings (SSSR count). The van der Waals surface area contributed by atoms with E-state index in [0.717, 1.165) is 9.64 Å². The van der Waals surface area contributed by atoms with Crippen molar-refractivity contribution in [3.63, 3.8) is 0 Å². The molecule has 3 aromatic rings. The monoisotopic (exact) mass is 405 g/mol. The minimum absolute atomic E-state index is 0.0367. The van der Waals surface area contributed by atoms with Crippen molar-refractivity contribution in [2.24, 2.45) is 0 Å². The average molecular weight is 406 g/mol. The zero-order chi connectivity index (χ0) is 14.4. The van der Waals surface area contributed by atoms with Crippen LogP contribution >= 0.6 is 34.2 Å². The number of imidazole rings is 1. The van der Waals surface area contributed by atoms with Gasteiger partial charge in [0.15, 0.2) is 5.82 Å². The summed E-state index contributed by atoms with van der Waals surface area (Å²) < 4.78 is 29.4. The van der Waals surface area contributed by atoms with Gasteiger partial charge in [-0.1, -0.05) is 11.6 Å². The fourth-order valence-corrected chi connectivity index (χ4v) is 3.15. The van der Waals surface area contributed by atoms with E-state index in [9.17, 15) is 8.78 Å². The van der Waals surface area contributed by atoms with E-state index in [4.69, 9.17) is 17.3 Å². The molecule has 0 atom stereocenters. The summed E-state index contributed by atoms with van der Waals surface area (Å²) in [5.74, 6) is -1.33. The summed E-state index contributed by atoms with van der Waals surface area (Å²) in [6.45, 7) is 0. The molecule has 0 aliphatic heterocycles. The maximum Gasteiger partial charge on any atom is 0.206 e. The summed E-state index contributed by atoms with van der Waals surface area (Å²) in [7, 11) is 0. The van der Waals surface area contributed by atoms with Crippen LogP contribution in [0.5, 0.6) is 0 Å². The number of hydrogen-bond donors (Lipinski definition) is 1. The quantitative estimate of drug-likeness (QED) is 0.618. The molecule has 1 aromatic heterocycles. The van der Waals surface area contributed by atoms with Crippen molar-refractivity contribution >= 4 is 51.2 Å². The molecule has 2 N–H and O–H groups in total. The molecule has 0 radical (unpaired) electrons. The normalized spacial score (nSPS) is 11.2. The molecule has 0 unspecified atom stereocenters. The molecule has 3 nitrogen and oxygen atoms in total. The van der Waals surface area contributed by atoms with Gasteiger partial charge in [-0.15, -0.1) is 0 Å². The minimum Gasteiger partial charge on any atom is -0.369 e. The van der Waals surface area contributed by atoms with Crippen molar-refractivity contribution in [1.82, 2.24) is 9.55 Å². The molecule has 2 aromatic carbocycles. The topological polar surface area (TPSA) is 43.8 Å². The fraction of sp³-hybridized carbons (Fsp3) is 0. The van der Waals surface area contributed by atoms with Crippen molar-refractivity contribution in [2.45, 2.75) is 0 Å². The Morgan fingerprint density at radius 1 is 1.20 bits per heavy atom. The van der Waals surface area contributed by atoms with Crippen molar-refractivity contribution in [3.05, 3.63) is 50.6 Å². The Hall–Kier alpha value is -1.41. The van der Waals surface area contributed by atoms with Crippen LogP contribution in [0.1, 0.15) is 0 Å². The second kappa shape index (κ2) is 4.85. The van der Waals surface area contributed by atoms with Crippen LogP contribution in [-0.2, 0) is 0 Å². The van der Waals surface area contributed by atoms with E-state index in [-0.39, 0.29) is 17.0 Å². The lowest BCUT2D eigenvalue weighted by Gasteiger charge is -2.09. The Bertz CT molecular complexity index is 832. The fourth-order valence-electron chi connectivity index (χ4n) is 2.04. The summed E-state index contributed by atoms with van der Waals surface area (Å²) in [6, 6.07) is 7.13. The lowest BCUT2D eigenvalue weighted by molar-refractivity contribution is 0.590. The molecule has 1 heterocycles. The third-order valence-electron chi connectivity index (χ3n) is 2.86. The van der Waals surface area contributed by atoms with Crippen LogP contribution in [0.15, 0.2) is 30.3 Å². The van der Waals surface area contributed by atoms with E-state index in [1.165, 1.54) is 10.6 Å². The number of aromatic nitrogens is 2. The van der Waals surface area contributed by atoms with Crippen LogP contribution in [0.3, 0.4) is 0 Å². The van der Waals surface area contributed by atoms with E-state index in [1.807, 2.05) is 0 Å². The number of nitrogen functional groups attached to an aromatic ring is 1. The average Bonchev–Trinajstić information content (AvgIpc) is 2.67. The first kappa shape index (κ1) is 13.6. The first-order valence-electron chi connectivity index (χ1n) is 5.56. The number of nitrogens with zero attached hydrogens (tertiary/aromatic N) is 2. The Balaban J connectivity index is 2.38. The highest BCUT2D eigenvalue weighted by atomic mass is 127. The molecule has 102 valence electrons. The van der Waals surface area contributed by atoms with Crippen LogP contribution in [0, 0.1) is 15.2 Å². The van der Waals surface area contributed by atoms with Gasteiger partial charge in [0.1, 0.15) is 11.3 Å². The van der Waals surface area contributed by atoms with Gasteiger partial charge in [-0.2, -0.15) is 0 Å². The number of rotatable bonds is 1. The van der Waals surface area contributed by atoms with Gasteiger partial charge >= 0.3 is 0 Å². The SMILES string of the molecule is Nc1nc2c(F)cc(F)cc2n1-c1ccc(Cl)cc1I. The molecule has 0 fully saturated rings. The molecule has 0 amide bonds. The molecule has 20 heavy (non-hydrogen) atoms. The smallest absolute Gasteiger partial charge is 0.206 e. The van der Waals surface area contributed by atoms with Crippen molar-refractivity contribution in [3.8, 4) is 5.69 Å².